The summed E-state index contributed by atoms with van der Waals surface area (Å²) < 4.78 is 0. The van der Waals surface area contributed by atoms with Gasteiger partial charge in [0, 0.05) is 12.8 Å². The second-order valence-corrected chi connectivity index (χ2v) is 5.56. The molecule has 1 unspecified atom stereocenters. The van der Waals surface area contributed by atoms with Gasteiger partial charge in [-0.1, -0.05) is 41.9 Å². The lowest BCUT2D eigenvalue weighted by Gasteiger charge is -2.19. The van der Waals surface area contributed by atoms with E-state index in [9.17, 15) is 4.79 Å². The summed E-state index contributed by atoms with van der Waals surface area (Å²) in [7, 11) is 0. The highest BCUT2D eigenvalue weighted by molar-refractivity contribution is 6.30. The first-order chi connectivity index (χ1) is 11.2. The van der Waals surface area contributed by atoms with Crippen molar-refractivity contribution in [1.82, 2.24) is 15.6 Å². The molecule has 5 nitrogen and oxygen atoms in total. The van der Waals surface area contributed by atoms with Gasteiger partial charge in [-0.15, -0.1) is 0 Å². The largest absolute Gasteiger partial charge is 0.396 e. The zero-order chi connectivity index (χ0) is 16.5. The highest BCUT2D eigenvalue weighted by Gasteiger charge is 2.13. The van der Waals surface area contributed by atoms with Crippen molar-refractivity contribution in [3.63, 3.8) is 0 Å². The van der Waals surface area contributed by atoms with E-state index in [-0.39, 0.29) is 18.7 Å². The van der Waals surface area contributed by atoms with E-state index in [2.05, 4.69) is 15.6 Å². The average molecular weight is 334 g/mol. The molecule has 122 valence electrons. The van der Waals surface area contributed by atoms with Crippen LogP contribution in [0.3, 0.4) is 0 Å². The number of nitrogens with one attached hydrogen (secondary N) is 2. The first-order valence-corrected chi connectivity index (χ1v) is 7.87. The van der Waals surface area contributed by atoms with Gasteiger partial charge in [-0.05, 0) is 30.5 Å². The number of urea groups is 1. The Morgan fingerprint density at radius 1 is 1.22 bits per heavy atom. The van der Waals surface area contributed by atoms with E-state index in [4.69, 9.17) is 16.7 Å². The normalized spacial score (nSPS) is 11.7. The molecule has 0 spiro atoms. The summed E-state index contributed by atoms with van der Waals surface area (Å²) in [5.41, 5.74) is 1.75. The number of aliphatic hydroxyl groups is 1. The Kier molecular flexibility index (Phi) is 6.84. The fraction of sp³-hybridized carbons (Fsp3) is 0.294. The standard InChI is InChI=1S/C17H20ClN3O2/c18-14-8-9-15(19-11-14)12-20-17(23)21-16(7-4-10-22)13-5-2-1-3-6-13/h1-3,5-6,8-9,11,16,22H,4,7,10,12H2,(H2,20,21,23). The minimum atomic E-state index is -0.270. The number of pyridine rings is 1. The molecule has 0 aliphatic rings. The number of carbonyl (C=O) groups is 1. The van der Waals surface area contributed by atoms with Gasteiger partial charge in [-0.2, -0.15) is 0 Å². The molecule has 0 radical (unpaired) electrons. The number of nitrogens with zero attached hydrogens (tertiary/aromatic N) is 1. The van der Waals surface area contributed by atoms with Crippen LogP contribution >= 0.6 is 11.6 Å². The van der Waals surface area contributed by atoms with Crippen molar-refractivity contribution in [1.29, 1.82) is 0 Å². The molecule has 3 N–H and O–H groups in total. The number of halogens is 1. The maximum atomic E-state index is 12.1. The van der Waals surface area contributed by atoms with E-state index in [0.29, 0.717) is 24.4 Å². The number of hydrogen-bond acceptors (Lipinski definition) is 3. The van der Waals surface area contributed by atoms with Gasteiger partial charge in [0.15, 0.2) is 0 Å². The SMILES string of the molecule is O=C(NCc1ccc(Cl)cn1)NC(CCCO)c1ccccc1. The predicted molar refractivity (Wildman–Crippen MR) is 90.1 cm³/mol. The first-order valence-electron chi connectivity index (χ1n) is 7.49. The Morgan fingerprint density at radius 3 is 2.65 bits per heavy atom. The molecule has 0 saturated heterocycles. The third-order valence-electron chi connectivity index (χ3n) is 3.38. The van der Waals surface area contributed by atoms with E-state index < -0.39 is 0 Å². The number of aliphatic hydroxyl groups excluding tert-OH is 1. The third kappa shape index (κ3) is 5.88. The minimum Gasteiger partial charge on any atom is -0.396 e. The molecule has 0 saturated carbocycles. The van der Waals surface area contributed by atoms with Crippen molar-refractivity contribution < 1.29 is 9.90 Å². The number of amides is 2. The van der Waals surface area contributed by atoms with Crippen molar-refractivity contribution in [3.05, 3.63) is 64.9 Å². The summed E-state index contributed by atoms with van der Waals surface area (Å²) in [5, 5.41) is 15.3. The van der Waals surface area contributed by atoms with Crippen LogP contribution in [0.5, 0.6) is 0 Å². The van der Waals surface area contributed by atoms with Crippen LogP contribution in [0.25, 0.3) is 0 Å². The molecule has 2 aromatic rings. The summed E-state index contributed by atoms with van der Waals surface area (Å²) in [6.07, 6.45) is 2.84. The third-order valence-corrected chi connectivity index (χ3v) is 3.60. The highest BCUT2D eigenvalue weighted by Crippen LogP contribution is 2.17. The van der Waals surface area contributed by atoms with Crippen LogP contribution in [0, 0.1) is 0 Å². The summed E-state index contributed by atoms with van der Waals surface area (Å²) >= 11 is 5.78. The predicted octanol–water partition coefficient (Wildman–Crippen LogP) is 3.05. The van der Waals surface area contributed by atoms with Crippen molar-refractivity contribution in [3.8, 4) is 0 Å². The second-order valence-electron chi connectivity index (χ2n) is 5.12. The Labute approximate surface area is 140 Å². The molecule has 1 aromatic heterocycles. The molecule has 0 aliphatic carbocycles. The number of aromatic nitrogens is 1. The first kappa shape index (κ1) is 17.2. The fourth-order valence-corrected chi connectivity index (χ4v) is 2.31. The van der Waals surface area contributed by atoms with Crippen molar-refractivity contribution in [2.24, 2.45) is 0 Å². The van der Waals surface area contributed by atoms with E-state index in [1.807, 2.05) is 30.3 Å². The molecular weight excluding hydrogens is 314 g/mol. The molecule has 1 atom stereocenters. The summed E-state index contributed by atoms with van der Waals surface area (Å²) in [6.45, 7) is 0.422. The molecule has 6 heteroatoms. The van der Waals surface area contributed by atoms with Crippen LogP contribution in [0.2, 0.25) is 5.02 Å². The van der Waals surface area contributed by atoms with Gasteiger partial charge in [0.2, 0.25) is 0 Å². The van der Waals surface area contributed by atoms with Gasteiger partial charge in [-0.25, -0.2) is 4.79 Å². The van der Waals surface area contributed by atoms with Crippen LogP contribution in [0.4, 0.5) is 4.79 Å². The van der Waals surface area contributed by atoms with E-state index >= 15 is 0 Å². The molecule has 2 rings (SSSR count). The highest BCUT2D eigenvalue weighted by atomic mass is 35.5. The van der Waals surface area contributed by atoms with Gasteiger partial charge in [-0.3, -0.25) is 4.98 Å². The number of rotatable bonds is 7. The zero-order valence-corrected chi connectivity index (χ0v) is 13.5. The Hall–Kier alpha value is -2.11. The van der Waals surface area contributed by atoms with Crippen LogP contribution in [-0.4, -0.2) is 22.7 Å². The van der Waals surface area contributed by atoms with Crippen LogP contribution in [-0.2, 0) is 6.54 Å². The molecule has 1 heterocycles. The fourth-order valence-electron chi connectivity index (χ4n) is 2.19. The average Bonchev–Trinajstić information content (AvgIpc) is 2.59. The minimum absolute atomic E-state index is 0.0985. The molecule has 2 amide bonds. The molecule has 0 bridgehead atoms. The summed E-state index contributed by atoms with van der Waals surface area (Å²) in [5.74, 6) is 0. The lowest BCUT2D eigenvalue weighted by Crippen LogP contribution is -2.37. The van der Waals surface area contributed by atoms with Crippen molar-refractivity contribution >= 4 is 17.6 Å². The summed E-state index contributed by atoms with van der Waals surface area (Å²) in [4.78, 5) is 16.2. The quantitative estimate of drug-likeness (QED) is 0.729. The van der Waals surface area contributed by atoms with E-state index in [1.165, 1.54) is 0 Å². The molecular formula is C17H20ClN3O2. The molecule has 0 fully saturated rings. The van der Waals surface area contributed by atoms with Crippen LogP contribution < -0.4 is 10.6 Å². The molecule has 1 aromatic carbocycles. The Bertz CT molecular complexity index is 605. The smallest absolute Gasteiger partial charge is 0.315 e. The van der Waals surface area contributed by atoms with E-state index in [0.717, 1.165) is 11.3 Å². The monoisotopic (exact) mass is 333 g/mol. The van der Waals surface area contributed by atoms with Gasteiger partial charge >= 0.3 is 6.03 Å². The lowest BCUT2D eigenvalue weighted by molar-refractivity contribution is 0.232. The van der Waals surface area contributed by atoms with Crippen molar-refractivity contribution in [2.75, 3.05) is 6.61 Å². The van der Waals surface area contributed by atoms with Crippen LogP contribution in [0.1, 0.15) is 30.1 Å². The molecule has 23 heavy (non-hydrogen) atoms. The Morgan fingerprint density at radius 2 is 2.00 bits per heavy atom. The van der Waals surface area contributed by atoms with Crippen LogP contribution in [0.15, 0.2) is 48.7 Å². The Balaban J connectivity index is 1.90. The van der Waals surface area contributed by atoms with Gasteiger partial charge in [0.1, 0.15) is 0 Å². The number of hydrogen-bond donors (Lipinski definition) is 3. The maximum Gasteiger partial charge on any atom is 0.315 e. The van der Waals surface area contributed by atoms with Crippen molar-refractivity contribution in [2.45, 2.75) is 25.4 Å². The molecule has 0 aliphatic heterocycles. The zero-order valence-electron chi connectivity index (χ0n) is 12.7. The van der Waals surface area contributed by atoms with Gasteiger partial charge in [0.05, 0.1) is 23.3 Å². The van der Waals surface area contributed by atoms with Gasteiger partial charge in [0.25, 0.3) is 0 Å². The lowest BCUT2D eigenvalue weighted by atomic mass is 10.0. The topological polar surface area (TPSA) is 74.2 Å². The number of benzene rings is 1. The van der Waals surface area contributed by atoms with E-state index in [1.54, 1.807) is 18.3 Å². The second kappa shape index (κ2) is 9.12. The summed E-state index contributed by atoms with van der Waals surface area (Å²) in [6, 6.07) is 12.8. The maximum absolute atomic E-state index is 12.1. The van der Waals surface area contributed by atoms with Gasteiger partial charge < -0.3 is 15.7 Å². The number of carbonyl (C=O) groups excluding carboxylic acids is 1.